The van der Waals surface area contributed by atoms with Gasteiger partial charge in [0.05, 0.1) is 47.6 Å². The molecule has 3 fully saturated rings. The van der Waals surface area contributed by atoms with Crippen LogP contribution in [-0.2, 0) is 14.3 Å². The van der Waals surface area contributed by atoms with Crippen molar-refractivity contribution in [1.29, 1.82) is 0 Å². The Bertz CT molecular complexity index is 2200. The number of aromatic nitrogens is 6. The van der Waals surface area contributed by atoms with Crippen molar-refractivity contribution < 1.29 is 19.1 Å². The fourth-order valence-corrected chi connectivity index (χ4v) is 8.08. The summed E-state index contributed by atoms with van der Waals surface area (Å²) < 4.78 is 4.76. The zero-order chi connectivity index (χ0) is 37.0. The van der Waals surface area contributed by atoms with Gasteiger partial charge in [-0.3, -0.25) is 9.59 Å². The number of nitrogens with zero attached hydrogens (tertiary/aromatic N) is 6. The van der Waals surface area contributed by atoms with Crippen LogP contribution in [0.25, 0.3) is 44.6 Å². The monoisotopic (exact) mass is 717 g/mol. The fraction of sp³-hybridized carbons (Fsp3) is 0.475. The summed E-state index contributed by atoms with van der Waals surface area (Å²) in [7, 11) is 1.29. The van der Waals surface area contributed by atoms with Crippen molar-refractivity contribution in [2.45, 2.75) is 84.3 Å². The number of methoxy groups -OCH3 is 1. The molecule has 1 aliphatic carbocycles. The molecule has 1 spiro atoms. The van der Waals surface area contributed by atoms with Gasteiger partial charge >= 0.3 is 6.09 Å². The standard InChI is InChI=1S/C40H47N9O4/c1-22(2)15-33(50)49-21-40(12-13-40)18-32(49)37-44-28-11-9-25(17-29(28)45-37)35-41-19-26-16-24(8-10-27(26)43-35)30-20-42-36(46-30)31-7-6-14-48(31)38(51)34(23(3)4)47-39(52)53-5/h8-11,16-17,19-20,22-23,31-32,34H,6-7,12-15,18,21H2,1-5H3,(H,42,46)(H,44,45)(H,47,52)/t31-,32-,34-/m0/s1. The maximum atomic E-state index is 13.6. The van der Waals surface area contributed by atoms with E-state index in [4.69, 9.17) is 19.7 Å². The first kappa shape index (κ1) is 34.7. The molecule has 13 nitrogen and oxygen atoms in total. The minimum atomic E-state index is -0.689. The van der Waals surface area contributed by atoms with Crippen molar-refractivity contribution in [3.8, 4) is 22.6 Å². The first-order valence-electron chi connectivity index (χ1n) is 18.8. The lowest BCUT2D eigenvalue weighted by Gasteiger charge is -2.30. The van der Waals surface area contributed by atoms with E-state index in [2.05, 4.69) is 39.0 Å². The Balaban J connectivity index is 0.998. The second kappa shape index (κ2) is 13.6. The first-order chi connectivity index (χ1) is 25.5. The third-order valence-corrected chi connectivity index (χ3v) is 11.2. The van der Waals surface area contributed by atoms with Gasteiger partial charge in [0.15, 0.2) is 5.82 Å². The molecule has 1 saturated carbocycles. The van der Waals surface area contributed by atoms with Crippen molar-refractivity contribution in [3.63, 3.8) is 0 Å². The number of H-pyrrole nitrogens is 2. The van der Waals surface area contributed by atoms with Crippen LogP contribution >= 0.6 is 0 Å². The van der Waals surface area contributed by atoms with Gasteiger partial charge in [0.25, 0.3) is 0 Å². The van der Waals surface area contributed by atoms with E-state index >= 15 is 0 Å². The van der Waals surface area contributed by atoms with E-state index in [0.29, 0.717) is 30.5 Å². The molecule has 276 valence electrons. The number of hydrogen-bond donors (Lipinski definition) is 3. The number of alkyl carbamates (subject to hydrolysis) is 1. The molecule has 2 aliphatic heterocycles. The molecule has 0 radical (unpaired) electrons. The highest BCUT2D eigenvalue weighted by Gasteiger charge is 2.54. The molecule has 3 aliphatic rings. The molecule has 3 aromatic heterocycles. The molecule has 8 rings (SSSR count). The van der Waals surface area contributed by atoms with Crippen LogP contribution in [0.1, 0.15) is 90.0 Å². The van der Waals surface area contributed by atoms with Crippen LogP contribution in [0.2, 0.25) is 0 Å². The van der Waals surface area contributed by atoms with Gasteiger partial charge in [-0.15, -0.1) is 0 Å². The molecular weight excluding hydrogens is 670 g/mol. The largest absolute Gasteiger partial charge is 0.453 e. The van der Waals surface area contributed by atoms with Crippen LogP contribution in [0, 0.1) is 17.3 Å². The normalized spacial score (nSPS) is 19.9. The first-order valence-corrected chi connectivity index (χ1v) is 18.8. The van der Waals surface area contributed by atoms with Crippen LogP contribution in [0.15, 0.2) is 48.8 Å². The highest BCUT2D eigenvalue weighted by molar-refractivity contribution is 5.87. The van der Waals surface area contributed by atoms with E-state index in [-0.39, 0.29) is 35.2 Å². The highest BCUT2D eigenvalue weighted by atomic mass is 16.5. The number of nitrogens with one attached hydrogen (secondary N) is 3. The predicted molar refractivity (Wildman–Crippen MR) is 200 cm³/mol. The third kappa shape index (κ3) is 6.73. The SMILES string of the molecule is COC(=O)N[C@H](C(=O)N1CCC[C@H]1c1ncc(-c2ccc3nc(-c4ccc5nc([C@@H]6CC7(CC7)CN6C(=O)CC(C)C)[nH]c5c4)ncc3c2)[nH]1)C(C)C. The molecule has 13 heteroatoms. The molecule has 5 heterocycles. The van der Waals surface area contributed by atoms with Gasteiger partial charge in [0.2, 0.25) is 11.8 Å². The van der Waals surface area contributed by atoms with Gasteiger partial charge in [-0.25, -0.2) is 24.7 Å². The lowest BCUT2D eigenvalue weighted by atomic mass is 10.0. The molecule has 5 aromatic rings. The Morgan fingerprint density at radius 2 is 1.72 bits per heavy atom. The Labute approximate surface area is 308 Å². The average molecular weight is 718 g/mol. The van der Waals surface area contributed by atoms with Crippen LogP contribution in [0.5, 0.6) is 0 Å². The average Bonchev–Trinajstić information content (AvgIpc) is 3.64. The topological polar surface area (TPSA) is 162 Å². The summed E-state index contributed by atoms with van der Waals surface area (Å²) in [5.74, 6) is 2.47. The van der Waals surface area contributed by atoms with E-state index in [1.165, 1.54) is 20.0 Å². The maximum Gasteiger partial charge on any atom is 0.407 e. The molecule has 53 heavy (non-hydrogen) atoms. The number of imidazole rings is 2. The summed E-state index contributed by atoms with van der Waals surface area (Å²) in [4.78, 5) is 68.9. The van der Waals surface area contributed by atoms with Gasteiger partial charge in [-0.2, -0.15) is 0 Å². The van der Waals surface area contributed by atoms with Gasteiger partial charge in [0.1, 0.15) is 17.7 Å². The molecule has 0 bridgehead atoms. The zero-order valence-corrected chi connectivity index (χ0v) is 31.0. The lowest BCUT2D eigenvalue weighted by Crippen LogP contribution is -2.51. The van der Waals surface area contributed by atoms with Crippen LogP contribution in [0.3, 0.4) is 0 Å². The number of ether oxygens (including phenoxy) is 1. The van der Waals surface area contributed by atoms with Gasteiger partial charge in [-0.1, -0.05) is 33.8 Å². The number of hydrogen-bond acceptors (Lipinski definition) is 8. The van der Waals surface area contributed by atoms with Gasteiger partial charge < -0.3 is 29.8 Å². The van der Waals surface area contributed by atoms with E-state index in [0.717, 1.165) is 70.4 Å². The number of carbonyl (C=O) groups excluding carboxylic acids is 3. The number of amides is 3. The van der Waals surface area contributed by atoms with Crippen molar-refractivity contribution in [3.05, 3.63) is 60.4 Å². The maximum absolute atomic E-state index is 13.6. The molecule has 0 unspecified atom stereocenters. The Morgan fingerprint density at radius 1 is 0.925 bits per heavy atom. The summed E-state index contributed by atoms with van der Waals surface area (Å²) in [5, 5.41) is 3.59. The molecule has 3 amide bonds. The lowest BCUT2D eigenvalue weighted by molar-refractivity contribution is -0.135. The Kier molecular flexibility index (Phi) is 8.90. The number of aromatic amines is 2. The summed E-state index contributed by atoms with van der Waals surface area (Å²) in [6.45, 7) is 9.41. The quantitative estimate of drug-likeness (QED) is 0.152. The minimum Gasteiger partial charge on any atom is -0.453 e. The molecule has 2 saturated heterocycles. The van der Waals surface area contributed by atoms with Crippen LogP contribution in [-0.4, -0.2) is 83.9 Å². The van der Waals surface area contributed by atoms with E-state index < -0.39 is 12.1 Å². The van der Waals surface area contributed by atoms with Gasteiger partial charge in [-0.05, 0) is 79.7 Å². The molecule has 3 atom stereocenters. The van der Waals surface area contributed by atoms with Crippen molar-refractivity contribution >= 4 is 39.8 Å². The van der Waals surface area contributed by atoms with Crippen molar-refractivity contribution in [2.24, 2.45) is 17.3 Å². The van der Waals surface area contributed by atoms with Crippen LogP contribution < -0.4 is 5.32 Å². The summed E-state index contributed by atoms with van der Waals surface area (Å²) >= 11 is 0. The number of benzene rings is 2. The second-order valence-corrected chi connectivity index (χ2v) is 15.9. The third-order valence-electron chi connectivity index (χ3n) is 11.2. The second-order valence-electron chi connectivity index (χ2n) is 15.9. The van der Waals surface area contributed by atoms with Crippen LogP contribution in [0.4, 0.5) is 4.79 Å². The fourth-order valence-electron chi connectivity index (χ4n) is 8.08. The smallest absolute Gasteiger partial charge is 0.407 e. The molecular formula is C40H47N9O4. The van der Waals surface area contributed by atoms with Crippen molar-refractivity contribution in [1.82, 2.24) is 45.0 Å². The number of fused-ring (bicyclic) bond motifs is 2. The molecule has 2 aromatic carbocycles. The summed E-state index contributed by atoms with van der Waals surface area (Å²) in [5.41, 5.74) is 5.49. The highest BCUT2D eigenvalue weighted by Crippen LogP contribution is 2.58. The zero-order valence-electron chi connectivity index (χ0n) is 31.0. The number of likely N-dealkylation sites (tertiary alicyclic amines) is 2. The molecule has 3 N–H and O–H groups in total. The Morgan fingerprint density at radius 3 is 2.47 bits per heavy atom. The van der Waals surface area contributed by atoms with E-state index in [9.17, 15) is 14.4 Å². The van der Waals surface area contributed by atoms with Crippen molar-refractivity contribution in [2.75, 3.05) is 20.2 Å². The number of carbonyl (C=O) groups is 3. The Hall–Kier alpha value is -5.33. The summed E-state index contributed by atoms with van der Waals surface area (Å²) in [6.07, 6.45) is 8.52. The van der Waals surface area contributed by atoms with E-state index in [1.54, 1.807) is 6.20 Å². The van der Waals surface area contributed by atoms with Gasteiger partial charge in [0, 0.05) is 42.2 Å². The number of rotatable bonds is 9. The minimum absolute atomic E-state index is 0.0242. The van der Waals surface area contributed by atoms with E-state index in [1.807, 2.05) is 61.3 Å². The summed E-state index contributed by atoms with van der Waals surface area (Å²) in [6, 6.07) is 11.1. The predicted octanol–water partition coefficient (Wildman–Crippen LogP) is 6.71.